The van der Waals surface area contributed by atoms with E-state index >= 15 is 0 Å². The Kier molecular flexibility index (Phi) is 5.33. The molecule has 7 nitrogen and oxygen atoms in total. The summed E-state index contributed by atoms with van der Waals surface area (Å²) in [5.74, 6) is -1.66. The molecule has 2 aliphatic heterocycles. The number of carbonyl (C=O) groups is 2. The van der Waals surface area contributed by atoms with Crippen molar-refractivity contribution >= 4 is 11.9 Å². The van der Waals surface area contributed by atoms with Crippen LogP contribution in [0.2, 0.25) is 0 Å². The van der Waals surface area contributed by atoms with Crippen LogP contribution < -0.4 is 5.32 Å². The van der Waals surface area contributed by atoms with Crippen LogP contribution in [-0.2, 0) is 9.59 Å². The van der Waals surface area contributed by atoms with Gasteiger partial charge in [0.25, 0.3) is 0 Å². The molecule has 0 radical (unpaired) electrons. The van der Waals surface area contributed by atoms with E-state index in [9.17, 15) is 9.59 Å². The van der Waals surface area contributed by atoms with Crippen molar-refractivity contribution in [1.82, 2.24) is 10.4 Å². The van der Waals surface area contributed by atoms with Gasteiger partial charge in [-0.25, -0.2) is 0 Å². The number of hydroxylamine groups is 2. The molecule has 1 unspecified atom stereocenters. The zero-order valence-corrected chi connectivity index (χ0v) is 9.50. The third kappa shape index (κ3) is 4.29. The first-order valence-electron chi connectivity index (χ1n) is 5.67. The molecule has 2 aliphatic rings. The molecular formula is C10H18N2O5. The molecule has 0 aromatic heterocycles. The van der Waals surface area contributed by atoms with Crippen molar-refractivity contribution in [1.29, 1.82) is 0 Å². The van der Waals surface area contributed by atoms with E-state index in [0.29, 0.717) is 13.0 Å². The van der Waals surface area contributed by atoms with Gasteiger partial charge in [0.1, 0.15) is 12.1 Å². The van der Waals surface area contributed by atoms with Gasteiger partial charge in [0, 0.05) is 6.54 Å². The number of aliphatic carboxylic acids is 2. The number of carboxylic acid groups (broad SMARTS) is 2. The van der Waals surface area contributed by atoms with E-state index < -0.39 is 18.0 Å². The molecule has 98 valence electrons. The van der Waals surface area contributed by atoms with E-state index in [2.05, 4.69) is 5.32 Å². The van der Waals surface area contributed by atoms with Crippen molar-refractivity contribution in [2.75, 3.05) is 13.1 Å². The molecule has 2 rings (SSSR count). The Hall–Kier alpha value is -1.18. The highest BCUT2D eigenvalue weighted by Gasteiger charge is 2.28. The molecule has 2 fully saturated rings. The van der Waals surface area contributed by atoms with Gasteiger partial charge < -0.3 is 20.7 Å². The number of hydrogen-bond donors (Lipinski definition) is 4. The molecular weight excluding hydrogens is 228 g/mol. The van der Waals surface area contributed by atoms with Gasteiger partial charge in [-0.3, -0.25) is 9.59 Å². The second-order valence-electron chi connectivity index (χ2n) is 4.15. The van der Waals surface area contributed by atoms with Crippen molar-refractivity contribution in [2.45, 2.75) is 37.8 Å². The van der Waals surface area contributed by atoms with E-state index in [4.69, 9.17) is 15.4 Å². The highest BCUT2D eigenvalue weighted by atomic mass is 16.5. The summed E-state index contributed by atoms with van der Waals surface area (Å²) in [6.45, 7) is 1.34. The first-order valence-corrected chi connectivity index (χ1v) is 5.67. The SMILES string of the molecule is O=C(O)C1CCCN1O.O=C(O)[C@@H]1CCCN1. The predicted octanol–water partition coefficient (Wildman–Crippen LogP) is -0.252. The zero-order valence-electron chi connectivity index (χ0n) is 9.50. The minimum absolute atomic E-state index is 0.269. The van der Waals surface area contributed by atoms with Crippen LogP contribution in [0.4, 0.5) is 0 Å². The molecule has 2 atom stereocenters. The Morgan fingerprint density at radius 2 is 1.82 bits per heavy atom. The molecule has 2 saturated heterocycles. The normalized spacial score (nSPS) is 28.5. The number of nitrogens with one attached hydrogen (secondary N) is 1. The fourth-order valence-corrected chi connectivity index (χ4v) is 1.90. The number of hydrogen-bond acceptors (Lipinski definition) is 5. The summed E-state index contributed by atoms with van der Waals surface area (Å²) in [6.07, 6.45) is 3.12. The number of nitrogens with zero attached hydrogens (tertiary/aromatic N) is 1. The number of rotatable bonds is 2. The Bertz CT molecular complexity index is 278. The van der Waals surface area contributed by atoms with Gasteiger partial charge in [-0.05, 0) is 32.2 Å². The Morgan fingerprint density at radius 1 is 1.12 bits per heavy atom. The summed E-state index contributed by atoms with van der Waals surface area (Å²) in [5.41, 5.74) is 0. The maximum absolute atomic E-state index is 10.2. The number of carboxylic acids is 2. The summed E-state index contributed by atoms with van der Waals surface area (Å²) in [5, 5.41) is 29.3. The monoisotopic (exact) mass is 246 g/mol. The van der Waals surface area contributed by atoms with Crippen LogP contribution >= 0.6 is 0 Å². The zero-order chi connectivity index (χ0) is 12.8. The molecule has 0 spiro atoms. The predicted molar refractivity (Wildman–Crippen MR) is 57.8 cm³/mol. The molecule has 2 heterocycles. The summed E-state index contributed by atoms with van der Waals surface area (Å²) >= 11 is 0. The maximum atomic E-state index is 10.2. The molecule has 4 N–H and O–H groups in total. The summed E-state index contributed by atoms with van der Waals surface area (Å²) < 4.78 is 0. The summed E-state index contributed by atoms with van der Waals surface area (Å²) in [6, 6.07) is -0.931. The van der Waals surface area contributed by atoms with Crippen molar-refractivity contribution in [3.05, 3.63) is 0 Å². The first-order chi connectivity index (χ1) is 8.02. The van der Waals surface area contributed by atoms with E-state index in [1.165, 1.54) is 0 Å². The lowest BCUT2D eigenvalue weighted by atomic mass is 10.2. The Labute approximate surface area is 99.0 Å². The molecule has 7 heteroatoms. The van der Waals surface area contributed by atoms with Crippen LogP contribution in [0.1, 0.15) is 25.7 Å². The Morgan fingerprint density at radius 3 is 2.06 bits per heavy atom. The van der Waals surface area contributed by atoms with Gasteiger partial charge in [0.15, 0.2) is 0 Å². The second kappa shape index (κ2) is 6.53. The topological polar surface area (TPSA) is 110 Å². The maximum Gasteiger partial charge on any atom is 0.323 e. The van der Waals surface area contributed by atoms with Gasteiger partial charge in [-0.15, -0.1) is 0 Å². The van der Waals surface area contributed by atoms with Crippen molar-refractivity contribution < 1.29 is 25.0 Å². The van der Waals surface area contributed by atoms with E-state index in [0.717, 1.165) is 30.9 Å². The van der Waals surface area contributed by atoms with Crippen molar-refractivity contribution in [2.24, 2.45) is 0 Å². The smallest absolute Gasteiger partial charge is 0.323 e. The van der Waals surface area contributed by atoms with Crippen molar-refractivity contribution in [3.63, 3.8) is 0 Å². The fourth-order valence-electron chi connectivity index (χ4n) is 1.90. The average molecular weight is 246 g/mol. The van der Waals surface area contributed by atoms with Crippen LogP contribution in [0.25, 0.3) is 0 Å². The minimum Gasteiger partial charge on any atom is -0.480 e. The standard InChI is InChI=1S/C5H9NO3.C5H9NO2/c7-5(8)4-2-1-3-6(4)9;7-5(8)4-2-1-3-6-4/h4,9H,1-3H2,(H,7,8);4,6H,1-3H2,(H,7,8)/t;4-/m.0/s1. The third-order valence-electron chi connectivity index (χ3n) is 2.87. The molecule has 0 amide bonds. The lowest BCUT2D eigenvalue weighted by Gasteiger charge is -2.11. The first kappa shape index (κ1) is 13.9. The van der Waals surface area contributed by atoms with Gasteiger partial charge >= 0.3 is 11.9 Å². The minimum atomic E-state index is -0.935. The lowest BCUT2D eigenvalue weighted by Crippen LogP contribution is -2.32. The Balaban J connectivity index is 0.000000171. The molecule has 0 aromatic carbocycles. The van der Waals surface area contributed by atoms with E-state index in [-0.39, 0.29) is 6.04 Å². The van der Waals surface area contributed by atoms with Gasteiger partial charge in [0.05, 0.1) is 0 Å². The van der Waals surface area contributed by atoms with Crippen LogP contribution in [0.5, 0.6) is 0 Å². The molecule has 0 aromatic rings. The largest absolute Gasteiger partial charge is 0.480 e. The molecule has 0 aliphatic carbocycles. The van der Waals surface area contributed by atoms with Crippen LogP contribution in [0, 0.1) is 0 Å². The van der Waals surface area contributed by atoms with Crippen LogP contribution in [-0.4, -0.2) is 57.6 Å². The summed E-state index contributed by atoms with van der Waals surface area (Å²) in [7, 11) is 0. The van der Waals surface area contributed by atoms with Crippen LogP contribution in [0.15, 0.2) is 0 Å². The van der Waals surface area contributed by atoms with Gasteiger partial charge in [-0.1, -0.05) is 0 Å². The third-order valence-corrected chi connectivity index (χ3v) is 2.87. The van der Waals surface area contributed by atoms with Crippen LogP contribution in [0.3, 0.4) is 0 Å². The second-order valence-corrected chi connectivity index (χ2v) is 4.15. The highest BCUT2D eigenvalue weighted by molar-refractivity contribution is 5.73. The molecule has 17 heavy (non-hydrogen) atoms. The average Bonchev–Trinajstić information content (AvgIpc) is 2.87. The van der Waals surface area contributed by atoms with E-state index in [1.807, 2.05) is 0 Å². The van der Waals surface area contributed by atoms with Gasteiger partial charge in [-0.2, -0.15) is 5.06 Å². The highest BCUT2D eigenvalue weighted by Crippen LogP contribution is 2.13. The van der Waals surface area contributed by atoms with E-state index in [1.54, 1.807) is 0 Å². The van der Waals surface area contributed by atoms with Crippen molar-refractivity contribution in [3.8, 4) is 0 Å². The quantitative estimate of drug-likeness (QED) is 0.531. The fraction of sp³-hybridized carbons (Fsp3) is 0.800. The van der Waals surface area contributed by atoms with Gasteiger partial charge in [0.2, 0.25) is 0 Å². The summed E-state index contributed by atoms with van der Waals surface area (Å²) in [4.78, 5) is 20.3. The molecule has 0 saturated carbocycles. The molecule has 0 bridgehead atoms. The lowest BCUT2D eigenvalue weighted by molar-refractivity contribution is -0.161.